The summed E-state index contributed by atoms with van der Waals surface area (Å²) in [4.78, 5) is 17.6. The molecular formula is C13H20FN3O2. The van der Waals surface area contributed by atoms with Gasteiger partial charge in [0.2, 0.25) is 0 Å². The highest BCUT2D eigenvalue weighted by Crippen LogP contribution is 2.17. The number of hydrogen-bond donors (Lipinski definition) is 2. The SMILES string of the molecule is CCC(CC)N(CCO)C(=O)c1cc(F)cnc1N. The molecule has 19 heavy (non-hydrogen) atoms. The molecule has 0 radical (unpaired) electrons. The number of anilines is 1. The quantitative estimate of drug-likeness (QED) is 0.818. The van der Waals surface area contributed by atoms with Gasteiger partial charge in [0, 0.05) is 12.6 Å². The number of amides is 1. The van der Waals surface area contributed by atoms with Crippen molar-refractivity contribution in [2.75, 3.05) is 18.9 Å². The molecule has 0 saturated heterocycles. The minimum absolute atomic E-state index is 0.000274. The van der Waals surface area contributed by atoms with Gasteiger partial charge < -0.3 is 15.7 Å². The number of nitrogen functional groups attached to an aromatic ring is 1. The summed E-state index contributed by atoms with van der Waals surface area (Å²) in [5.74, 6) is -1.00. The molecule has 0 spiro atoms. The lowest BCUT2D eigenvalue weighted by molar-refractivity contribution is 0.0622. The molecule has 106 valence electrons. The third-order valence-corrected chi connectivity index (χ3v) is 3.10. The van der Waals surface area contributed by atoms with Gasteiger partial charge in [-0.25, -0.2) is 9.37 Å². The highest BCUT2D eigenvalue weighted by atomic mass is 19.1. The van der Waals surface area contributed by atoms with Crippen molar-refractivity contribution in [3.63, 3.8) is 0 Å². The lowest BCUT2D eigenvalue weighted by Gasteiger charge is -2.30. The Bertz CT molecular complexity index is 436. The van der Waals surface area contributed by atoms with Crippen LogP contribution < -0.4 is 5.73 Å². The lowest BCUT2D eigenvalue weighted by Crippen LogP contribution is -2.42. The summed E-state index contributed by atoms with van der Waals surface area (Å²) >= 11 is 0. The first kappa shape index (κ1) is 15.4. The minimum Gasteiger partial charge on any atom is -0.395 e. The molecule has 1 aromatic rings. The number of hydrogen-bond acceptors (Lipinski definition) is 4. The summed E-state index contributed by atoms with van der Waals surface area (Å²) in [5, 5.41) is 9.08. The number of nitrogens with zero attached hydrogens (tertiary/aromatic N) is 2. The highest BCUT2D eigenvalue weighted by Gasteiger charge is 2.24. The van der Waals surface area contributed by atoms with Gasteiger partial charge >= 0.3 is 0 Å². The highest BCUT2D eigenvalue weighted by molar-refractivity contribution is 5.98. The van der Waals surface area contributed by atoms with Gasteiger partial charge in [0.1, 0.15) is 11.6 Å². The molecule has 0 unspecified atom stereocenters. The first-order valence-corrected chi connectivity index (χ1v) is 6.37. The molecule has 5 nitrogen and oxygen atoms in total. The number of pyridine rings is 1. The van der Waals surface area contributed by atoms with Crippen LogP contribution in [-0.4, -0.2) is 40.1 Å². The molecule has 0 aromatic carbocycles. The largest absolute Gasteiger partial charge is 0.395 e. The molecule has 0 saturated carbocycles. The summed E-state index contributed by atoms with van der Waals surface area (Å²) in [5.41, 5.74) is 5.66. The Labute approximate surface area is 112 Å². The number of rotatable bonds is 6. The molecule has 0 bridgehead atoms. The fourth-order valence-corrected chi connectivity index (χ4v) is 2.06. The number of aliphatic hydroxyl groups is 1. The van der Waals surface area contributed by atoms with Crippen molar-refractivity contribution >= 4 is 11.7 Å². The molecule has 6 heteroatoms. The molecule has 3 N–H and O–H groups in total. The van der Waals surface area contributed by atoms with Crippen LogP contribution in [-0.2, 0) is 0 Å². The maximum absolute atomic E-state index is 13.2. The smallest absolute Gasteiger partial charge is 0.258 e. The Balaban J connectivity index is 3.08. The van der Waals surface area contributed by atoms with Gasteiger partial charge in [0.15, 0.2) is 0 Å². The van der Waals surface area contributed by atoms with E-state index in [2.05, 4.69) is 4.98 Å². The zero-order valence-electron chi connectivity index (χ0n) is 11.3. The molecule has 0 fully saturated rings. The van der Waals surface area contributed by atoms with Crippen LogP contribution in [0, 0.1) is 5.82 Å². The summed E-state index contributed by atoms with van der Waals surface area (Å²) < 4.78 is 13.2. The van der Waals surface area contributed by atoms with Gasteiger partial charge in [-0.2, -0.15) is 0 Å². The first-order chi connectivity index (χ1) is 9.04. The van der Waals surface area contributed by atoms with E-state index in [-0.39, 0.29) is 30.6 Å². The molecule has 1 rings (SSSR count). The zero-order valence-corrected chi connectivity index (χ0v) is 11.3. The number of carbonyl (C=O) groups excluding carboxylic acids is 1. The number of aromatic nitrogens is 1. The van der Waals surface area contributed by atoms with E-state index in [1.807, 2.05) is 13.8 Å². The molecule has 0 aliphatic rings. The van der Waals surface area contributed by atoms with Gasteiger partial charge in [-0.05, 0) is 18.9 Å². The zero-order chi connectivity index (χ0) is 14.4. The molecule has 0 atom stereocenters. The van der Waals surface area contributed by atoms with Crippen molar-refractivity contribution in [3.8, 4) is 0 Å². The van der Waals surface area contributed by atoms with E-state index in [9.17, 15) is 9.18 Å². The maximum Gasteiger partial charge on any atom is 0.258 e. The predicted octanol–water partition coefficient (Wildman–Crippen LogP) is 1.43. The Morgan fingerprint density at radius 3 is 2.68 bits per heavy atom. The monoisotopic (exact) mass is 269 g/mol. The van der Waals surface area contributed by atoms with Crippen LogP contribution in [0.25, 0.3) is 0 Å². The number of carbonyl (C=O) groups is 1. The fourth-order valence-electron chi connectivity index (χ4n) is 2.06. The van der Waals surface area contributed by atoms with E-state index in [1.54, 1.807) is 0 Å². The van der Waals surface area contributed by atoms with Crippen molar-refractivity contribution in [1.82, 2.24) is 9.88 Å². The maximum atomic E-state index is 13.2. The van der Waals surface area contributed by atoms with Crippen molar-refractivity contribution in [2.45, 2.75) is 32.7 Å². The average Bonchev–Trinajstić information content (AvgIpc) is 2.41. The van der Waals surface area contributed by atoms with Crippen molar-refractivity contribution in [2.24, 2.45) is 0 Å². The molecular weight excluding hydrogens is 249 g/mol. The van der Waals surface area contributed by atoms with Crippen LogP contribution in [0.1, 0.15) is 37.0 Å². The number of aliphatic hydroxyl groups excluding tert-OH is 1. The molecule has 0 aliphatic carbocycles. The van der Waals surface area contributed by atoms with Gasteiger partial charge in [-0.3, -0.25) is 4.79 Å². The van der Waals surface area contributed by atoms with E-state index in [0.717, 1.165) is 25.1 Å². The fraction of sp³-hybridized carbons (Fsp3) is 0.538. The van der Waals surface area contributed by atoms with Crippen molar-refractivity contribution in [3.05, 3.63) is 23.6 Å². The number of nitrogens with two attached hydrogens (primary N) is 1. The first-order valence-electron chi connectivity index (χ1n) is 6.37. The Morgan fingerprint density at radius 1 is 1.53 bits per heavy atom. The van der Waals surface area contributed by atoms with Crippen LogP contribution >= 0.6 is 0 Å². The second-order valence-electron chi connectivity index (χ2n) is 4.28. The predicted molar refractivity (Wildman–Crippen MR) is 71.1 cm³/mol. The van der Waals surface area contributed by atoms with Crippen LogP contribution in [0.15, 0.2) is 12.3 Å². The van der Waals surface area contributed by atoms with E-state index in [4.69, 9.17) is 10.8 Å². The average molecular weight is 269 g/mol. The summed E-state index contributed by atoms with van der Waals surface area (Å²) in [7, 11) is 0. The Hall–Kier alpha value is -1.69. The van der Waals surface area contributed by atoms with E-state index in [0.29, 0.717) is 0 Å². The second kappa shape index (κ2) is 7.04. The Kier molecular flexibility index (Phi) is 5.69. The Morgan fingerprint density at radius 2 is 2.16 bits per heavy atom. The summed E-state index contributed by atoms with van der Waals surface area (Å²) in [6.45, 7) is 3.96. The van der Waals surface area contributed by atoms with Gasteiger partial charge in [-0.1, -0.05) is 13.8 Å². The second-order valence-corrected chi connectivity index (χ2v) is 4.28. The molecule has 0 aliphatic heterocycles. The normalized spacial score (nSPS) is 10.8. The third-order valence-electron chi connectivity index (χ3n) is 3.10. The summed E-state index contributed by atoms with van der Waals surface area (Å²) in [6.07, 6.45) is 2.48. The van der Waals surface area contributed by atoms with E-state index < -0.39 is 11.7 Å². The van der Waals surface area contributed by atoms with Crippen molar-refractivity contribution < 1.29 is 14.3 Å². The van der Waals surface area contributed by atoms with Crippen LogP contribution in [0.5, 0.6) is 0 Å². The topological polar surface area (TPSA) is 79.5 Å². The van der Waals surface area contributed by atoms with Gasteiger partial charge in [0.25, 0.3) is 5.91 Å². The summed E-state index contributed by atoms with van der Waals surface area (Å²) in [6, 6.07) is 1.07. The standard InChI is InChI=1S/C13H20FN3O2/c1-3-10(4-2)17(5-6-18)13(19)11-7-9(14)8-16-12(11)15/h7-8,10,18H,3-6H2,1-2H3,(H2,15,16). The minimum atomic E-state index is -0.606. The van der Waals surface area contributed by atoms with E-state index in [1.165, 1.54) is 4.90 Å². The van der Waals surface area contributed by atoms with Gasteiger partial charge in [0.05, 0.1) is 18.4 Å². The van der Waals surface area contributed by atoms with Crippen molar-refractivity contribution in [1.29, 1.82) is 0 Å². The third kappa shape index (κ3) is 3.64. The molecule has 1 heterocycles. The van der Waals surface area contributed by atoms with Crippen LogP contribution in [0.4, 0.5) is 10.2 Å². The van der Waals surface area contributed by atoms with Crippen LogP contribution in [0.2, 0.25) is 0 Å². The van der Waals surface area contributed by atoms with Gasteiger partial charge in [-0.15, -0.1) is 0 Å². The van der Waals surface area contributed by atoms with Crippen LogP contribution in [0.3, 0.4) is 0 Å². The lowest BCUT2D eigenvalue weighted by atomic mass is 10.1. The van der Waals surface area contributed by atoms with E-state index >= 15 is 0 Å². The molecule has 1 amide bonds. The molecule has 1 aromatic heterocycles. The number of halogens is 1.